The molecule has 0 bridgehead atoms. The summed E-state index contributed by atoms with van der Waals surface area (Å²) in [5.74, 6) is 3.33. The van der Waals surface area contributed by atoms with Crippen LogP contribution in [0.1, 0.15) is 36.5 Å². The Kier molecular flexibility index (Phi) is 10.8. The monoisotopic (exact) mass is 621 g/mol. The molecule has 1 saturated heterocycles. The lowest BCUT2D eigenvalue weighted by atomic mass is 10.0. The third-order valence-electron chi connectivity index (χ3n) is 7.16. The second-order valence-corrected chi connectivity index (χ2v) is 10.3. The number of anilines is 1. The number of amides is 4. The Hall–Kier alpha value is -5.30. The highest BCUT2D eigenvalue weighted by Gasteiger charge is 2.34. The lowest BCUT2D eigenvalue weighted by molar-refractivity contribution is -0.137. The largest absolute Gasteiger partial charge is 0.504 e. The minimum absolute atomic E-state index is 0.110. The third kappa shape index (κ3) is 9.34. The number of likely N-dealkylation sites (tertiary alicyclic amines) is 1. The zero-order valence-corrected chi connectivity index (χ0v) is 24.3. The quantitative estimate of drug-likeness (QED) is 0.252. The number of fused-ring (bicyclic) bond motifs is 1. The van der Waals surface area contributed by atoms with Crippen molar-refractivity contribution in [3.63, 3.8) is 0 Å². The Labute approximate surface area is 257 Å². The first-order valence-electron chi connectivity index (χ1n) is 14.1. The van der Waals surface area contributed by atoms with Gasteiger partial charge in [-0.15, -0.1) is 0 Å². The maximum Gasteiger partial charge on any atom is 0.416 e. The Balaban J connectivity index is 1.44. The van der Waals surface area contributed by atoms with E-state index in [1.165, 1.54) is 24.0 Å². The van der Waals surface area contributed by atoms with E-state index in [9.17, 15) is 27.6 Å². The van der Waals surface area contributed by atoms with Gasteiger partial charge in [0, 0.05) is 56.4 Å². The van der Waals surface area contributed by atoms with Crippen molar-refractivity contribution >= 4 is 35.5 Å². The standard InChI is InChI=1S/C32H30F3N5O5/c1-22(41)10-16-36-14-5-15-37-29(42)28(21-23-6-4-8-25(20-23)32(33,34)35)45-31(44)39-17-12-26(13-18-39)40-19-11-24-7-2-3-9-27(24)38-30(40)43/h2-4,6-9,14,20,26,28,41H,11-13,17-19,21H2,1H3,(H,38,43)/t28-/m1/s1. The number of rotatable bonds is 6. The third-order valence-corrected chi connectivity index (χ3v) is 7.16. The first-order chi connectivity index (χ1) is 21.5. The number of allylic oxidation sites excluding steroid dienone is 1. The molecule has 10 nitrogen and oxygen atoms in total. The van der Waals surface area contributed by atoms with Crippen molar-refractivity contribution in [2.75, 3.05) is 25.0 Å². The molecule has 2 aromatic carbocycles. The van der Waals surface area contributed by atoms with Crippen LogP contribution in [0.3, 0.4) is 0 Å². The van der Waals surface area contributed by atoms with E-state index in [1.807, 2.05) is 24.3 Å². The summed E-state index contributed by atoms with van der Waals surface area (Å²) in [5, 5.41) is 11.9. The number of carbonyl (C=O) groups is 3. The van der Waals surface area contributed by atoms with Gasteiger partial charge in [-0.25, -0.2) is 9.59 Å². The van der Waals surface area contributed by atoms with Gasteiger partial charge in [0.25, 0.3) is 5.91 Å². The molecule has 1 atom stereocenters. The first kappa shape index (κ1) is 32.6. The molecule has 2 heterocycles. The molecule has 2 aromatic rings. The number of benzene rings is 2. The summed E-state index contributed by atoms with van der Waals surface area (Å²) in [5.41, 5.74) is 5.64. The molecule has 0 radical (unpaired) electrons. The number of alkyl halides is 3. The van der Waals surface area contributed by atoms with Crippen LogP contribution in [-0.2, 0) is 28.5 Å². The van der Waals surface area contributed by atoms with Gasteiger partial charge in [0.15, 0.2) is 6.10 Å². The molecular weight excluding hydrogens is 591 g/mol. The van der Waals surface area contributed by atoms with E-state index in [-0.39, 0.29) is 42.9 Å². The highest BCUT2D eigenvalue weighted by Crippen LogP contribution is 2.30. The van der Waals surface area contributed by atoms with Gasteiger partial charge in [-0.2, -0.15) is 23.2 Å². The second kappa shape index (κ2) is 14.9. The number of para-hydroxylation sites is 1. The number of aliphatic hydroxyl groups excluding tert-OH is 1. The number of urea groups is 1. The molecule has 234 valence electrons. The van der Waals surface area contributed by atoms with Crippen LogP contribution < -0.4 is 5.32 Å². The molecule has 2 aliphatic rings. The van der Waals surface area contributed by atoms with Crippen molar-refractivity contribution in [2.24, 2.45) is 9.98 Å². The predicted molar refractivity (Wildman–Crippen MR) is 159 cm³/mol. The van der Waals surface area contributed by atoms with Crippen molar-refractivity contribution in [1.29, 1.82) is 0 Å². The number of hydrogen-bond donors (Lipinski definition) is 2. The molecule has 1 fully saturated rings. The fourth-order valence-corrected chi connectivity index (χ4v) is 4.93. The highest BCUT2D eigenvalue weighted by molar-refractivity contribution is 5.91. The van der Waals surface area contributed by atoms with E-state index in [0.29, 0.717) is 25.8 Å². The predicted octanol–water partition coefficient (Wildman–Crippen LogP) is 5.46. The number of piperidine rings is 1. The van der Waals surface area contributed by atoms with Crippen LogP contribution in [0, 0.1) is 0 Å². The summed E-state index contributed by atoms with van der Waals surface area (Å²) in [4.78, 5) is 49.2. The number of carbonyl (C=O) groups excluding carboxylic acids is 3. The number of hydrogen-bond acceptors (Lipinski definition) is 6. The minimum atomic E-state index is -4.60. The van der Waals surface area contributed by atoms with Crippen LogP contribution in [0.15, 0.2) is 81.9 Å². The molecule has 45 heavy (non-hydrogen) atoms. The van der Waals surface area contributed by atoms with Crippen LogP contribution in [0.25, 0.3) is 0 Å². The molecule has 13 heteroatoms. The zero-order chi connectivity index (χ0) is 32.4. The van der Waals surface area contributed by atoms with Crippen LogP contribution in [0.5, 0.6) is 0 Å². The second-order valence-electron chi connectivity index (χ2n) is 10.3. The van der Waals surface area contributed by atoms with Gasteiger partial charge >= 0.3 is 18.3 Å². The molecular formula is C32H30F3N5O5. The van der Waals surface area contributed by atoms with Crippen molar-refractivity contribution in [3.8, 4) is 0 Å². The van der Waals surface area contributed by atoms with Gasteiger partial charge in [-0.05, 0) is 54.0 Å². The Morgan fingerprint density at radius 3 is 2.62 bits per heavy atom. The Morgan fingerprint density at radius 2 is 1.89 bits per heavy atom. The van der Waals surface area contributed by atoms with E-state index >= 15 is 0 Å². The SMILES string of the molecule is CC(O)=C=C=NC=C=C=NC(=O)[C@@H](Cc1cccc(C(F)(F)F)c1)OC(=O)N1CCC(N2CCc3ccccc3NC2=O)CC1. The number of aliphatic hydroxyl groups is 1. The van der Waals surface area contributed by atoms with E-state index in [0.717, 1.165) is 29.6 Å². The fraction of sp³-hybridized carbons (Fsp3) is 0.344. The van der Waals surface area contributed by atoms with Gasteiger partial charge in [0.05, 0.1) is 11.8 Å². The van der Waals surface area contributed by atoms with Crippen molar-refractivity contribution in [3.05, 3.63) is 88.6 Å². The summed E-state index contributed by atoms with van der Waals surface area (Å²) in [7, 11) is 0. The molecule has 0 unspecified atom stereocenters. The maximum atomic E-state index is 13.3. The normalized spacial score (nSPS) is 15.4. The maximum absolute atomic E-state index is 13.3. The lowest BCUT2D eigenvalue weighted by Gasteiger charge is -2.37. The Morgan fingerprint density at radius 1 is 1.13 bits per heavy atom. The number of nitrogens with zero attached hydrogens (tertiary/aromatic N) is 4. The molecule has 4 rings (SSSR count). The fourth-order valence-electron chi connectivity index (χ4n) is 4.93. The first-order valence-corrected chi connectivity index (χ1v) is 14.1. The molecule has 4 amide bonds. The van der Waals surface area contributed by atoms with Crippen LogP contribution >= 0.6 is 0 Å². The summed E-state index contributed by atoms with van der Waals surface area (Å²) in [6.45, 7) is 2.36. The van der Waals surface area contributed by atoms with Gasteiger partial charge in [-0.1, -0.05) is 36.4 Å². The summed E-state index contributed by atoms with van der Waals surface area (Å²) in [6.07, 6.45) is -4.69. The average Bonchev–Trinajstić information content (AvgIpc) is 3.17. The summed E-state index contributed by atoms with van der Waals surface area (Å²) < 4.78 is 45.3. The number of halogens is 3. The summed E-state index contributed by atoms with van der Waals surface area (Å²) in [6, 6.07) is 11.6. The van der Waals surface area contributed by atoms with Crippen molar-refractivity contribution in [1.82, 2.24) is 9.80 Å². The van der Waals surface area contributed by atoms with Gasteiger partial charge in [0.2, 0.25) is 0 Å². The molecule has 0 spiro atoms. The van der Waals surface area contributed by atoms with Gasteiger partial charge in [0.1, 0.15) is 5.76 Å². The number of aliphatic imine (C=N–C) groups is 2. The smallest absolute Gasteiger partial charge is 0.416 e. The molecule has 2 N–H and O–H groups in total. The molecule has 0 aliphatic carbocycles. The van der Waals surface area contributed by atoms with E-state index in [2.05, 4.69) is 38.5 Å². The summed E-state index contributed by atoms with van der Waals surface area (Å²) >= 11 is 0. The van der Waals surface area contributed by atoms with Gasteiger partial charge < -0.3 is 25.0 Å². The van der Waals surface area contributed by atoms with Crippen LogP contribution in [0.2, 0.25) is 0 Å². The number of nitrogens with one attached hydrogen (secondary N) is 1. The molecule has 0 aromatic heterocycles. The van der Waals surface area contributed by atoms with Gasteiger partial charge in [-0.3, -0.25) is 4.79 Å². The number of ether oxygens (including phenoxy) is 1. The van der Waals surface area contributed by atoms with E-state index in [4.69, 9.17) is 9.84 Å². The average molecular weight is 622 g/mol. The van der Waals surface area contributed by atoms with Crippen molar-refractivity contribution < 1.29 is 37.4 Å². The van der Waals surface area contributed by atoms with Crippen molar-refractivity contribution in [2.45, 2.75) is 50.9 Å². The van der Waals surface area contributed by atoms with E-state index < -0.39 is 29.8 Å². The zero-order valence-electron chi connectivity index (χ0n) is 24.3. The molecule has 2 aliphatic heterocycles. The molecule has 0 saturated carbocycles. The Bertz CT molecular complexity index is 1630. The highest BCUT2D eigenvalue weighted by atomic mass is 19.4. The minimum Gasteiger partial charge on any atom is -0.504 e. The van der Waals surface area contributed by atoms with E-state index in [1.54, 1.807) is 4.90 Å². The topological polar surface area (TPSA) is 124 Å². The van der Waals surface area contributed by atoms with Crippen LogP contribution in [-0.4, -0.2) is 76.5 Å². The van der Waals surface area contributed by atoms with Crippen LogP contribution in [0.4, 0.5) is 28.4 Å². The lowest BCUT2D eigenvalue weighted by Crippen LogP contribution is -2.50.